The highest BCUT2D eigenvalue weighted by Crippen LogP contribution is 2.16. The zero-order chi connectivity index (χ0) is 11.4. The van der Waals surface area contributed by atoms with Gasteiger partial charge in [0, 0.05) is 12.8 Å². The Balaban J connectivity index is 1.81. The maximum absolute atomic E-state index is 11.5. The fraction of sp³-hybridized carbons (Fsp3) is 0.222. The molecule has 0 atom stereocenters. The lowest BCUT2D eigenvalue weighted by molar-refractivity contribution is -0.116. The summed E-state index contributed by atoms with van der Waals surface area (Å²) >= 11 is 1.14. The third kappa shape index (κ3) is 2.80. The number of carbonyl (C=O) groups is 1. The molecule has 0 radical (unpaired) electrons. The van der Waals surface area contributed by atoms with Gasteiger partial charge < -0.3 is 15.5 Å². The SMILES string of the molecule is Nc1nnc(NC(=O)CCc2ccco2)s1. The summed E-state index contributed by atoms with van der Waals surface area (Å²) in [6.07, 6.45) is 2.48. The predicted molar refractivity (Wildman–Crippen MR) is 60.0 cm³/mol. The van der Waals surface area contributed by atoms with Crippen LogP contribution in [0, 0.1) is 0 Å². The molecule has 0 spiro atoms. The molecule has 2 aromatic heterocycles. The average Bonchev–Trinajstić information content (AvgIpc) is 2.87. The first-order chi connectivity index (χ1) is 7.74. The van der Waals surface area contributed by atoms with Gasteiger partial charge >= 0.3 is 0 Å². The number of amides is 1. The number of nitrogens with two attached hydrogens (primary N) is 1. The molecule has 0 fully saturated rings. The van der Waals surface area contributed by atoms with Crippen LogP contribution in [0.15, 0.2) is 22.8 Å². The number of rotatable bonds is 4. The Morgan fingerprint density at radius 2 is 2.44 bits per heavy atom. The molecular weight excluding hydrogens is 228 g/mol. The minimum Gasteiger partial charge on any atom is -0.469 e. The van der Waals surface area contributed by atoms with Gasteiger partial charge in [-0.05, 0) is 12.1 Å². The molecule has 0 saturated heterocycles. The van der Waals surface area contributed by atoms with Gasteiger partial charge in [0.1, 0.15) is 5.76 Å². The van der Waals surface area contributed by atoms with Crippen LogP contribution in [-0.2, 0) is 11.2 Å². The monoisotopic (exact) mass is 238 g/mol. The van der Waals surface area contributed by atoms with Crippen LogP contribution < -0.4 is 11.1 Å². The fourth-order valence-corrected chi connectivity index (χ4v) is 1.68. The van der Waals surface area contributed by atoms with E-state index in [-0.39, 0.29) is 5.91 Å². The average molecular weight is 238 g/mol. The second-order valence-electron chi connectivity index (χ2n) is 3.07. The van der Waals surface area contributed by atoms with Crippen molar-refractivity contribution in [1.29, 1.82) is 0 Å². The molecule has 2 heterocycles. The number of anilines is 2. The number of nitrogens with zero attached hydrogens (tertiary/aromatic N) is 2. The molecule has 0 unspecified atom stereocenters. The molecule has 1 amide bonds. The molecule has 6 nitrogen and oxygen atoms in total. The van der Waals surface area contributed by atoms with Gasteiger partial charge in [-0.1, -0.05) is 11.3 Å². The summed E-state index contributed by atoms with van der Waals surface area (Å²) in [6, 6.07) is 3.62. The van der Waals surface area contributed by atoms with Crippen LogP contribution in [0.1, 0.15) is 12.2 Å². The molecular formula is C9H10N4O2S. The lowest BCUT2D eigenvalue weighted by atomic mass is 10.2. The van der Waals surface area contributed by atoms with Crippen LogP contribution in [0.3, 0.4) is 0 Å². The van der Waals surface area contributed by atoms with Crippen molar-refractivity contribution in [3.8, 4) is 0 Å². The van der Waals surface area contributed by atoms with E-state index in [4.69, 9.17) is 10.2 Å². The molecule has 7 heteroatoms. The number of carbonyl (C=O) groups excluding carboxylic acids is 1. The van der Waals surface area contributed by atoms with E-state index in [1.807, 2.05) is 6.07 Å². The zero-order valence-corrected chi connectivity index (χ0v) is 9.16. The van der Waals surface area contributed by atoms with Gasteiger partial charge in [0.05, 0.1) is 6.26 Å². The molecule has 0 aliphatic heterocycles. The normalized spacial score (nSPS) is 10.2. The van der Waals surface area contributed by atoms with Crippen LogP contribution in [0.5, 0.6) is 0 Å². The second-order valence-corrected chi connectivity index (χ2v) is 4.08. The van der Waals surface area contributed by atoms with Crippen LogP contribution in [-0.4, -0.2) is 16.1 Å². The highest BCUT2D eigenvalue weighted by atomic mass is 32.1. The Hall–Kier alpha value is -1.89. The molecule has 0 aliphatic carbocycles. The molecule has 2 rings (SSSR count). The van der Waals surface area contributed by atoms with Crippen molar-refractivity contribution in [1.82, 2.24) is 10.2 Å². The van der Waals surface area contributed by atoms with E-state index < -0.39 is 0 Å². The standard InChI is InChI=1S/C9H10N4O2S/c10-8-12-13-9(16-8)11-7(14)4-3-6-2-1-5-15-6/h1-2,5H,3-4H2,(H2,10,12)(H,11,13,14). The molecule has 0 saturated carbocycles. The van der Waals surface area contributed by atoms with Crippen molar-refractivity contribution in [2.75, 3.05) is 11.1 Å². The van der Waals surface area contributed by atoms with Gasteiger partial charge in [-0.2, -0.15) is 0 Å². The van der Waals surface area contributed by atoms with E-state index in [1.54, 1.807) is 12.3 Å². The second kappa shape index (κ2) is 4.75. The summed E-state index contributed by atoms with van der Waals surface area (Å²) in [6.45, 7) is 0. The maximum Gasteiger partial charge on any atom is 0.226 e. The minimum absolute atomic E-state index is 0.132. The van der Waals surface area contributed by atoms with E-state index in [1.165, 1.54) is 0 Å². The Morgan fingerprint density at radius 1 is 1.56 bits per heavy atom. The Bertz CT molecular complexity index is 466. The van der Waals surface area contributed by atoms with Gasteiger partial charge in [0.15, 0.2) is 0 Å². The Morgan fingerprint density at radius 3 is 3.06 bits per heavy atom. The third-order valence-corrected chi connectivity index (χ3v) is 2.53. The maximum atomic E-state index is 11.5. The smallest absolute Gasteiger partial charge is 0.226 e. The summed E-state index contributed by atoms with van der Waals surface area (Å²) in [5.41, 5.74) is 5.38. The molecule has 84 valence electrons. The van der Waals surface area contributed by atoms with Crippen molar-refractivity contribution in [2.45, 2.75) is 12.8 Å². The zero-order valence-electron chi connectivity index (χ0n) is 8.34. The Kier molecular flexibility index (Phi) is 3.16. The number of aromatic nitrogens is 2. The van der Waals surface area contributed by atoms with Gasteiger partial charge in [0.25, 0.3) is 0 Å². The summed E-state index contributed by atoms with van der Waals surface area (Å²) in [7, 11) is 0. The fourth-order valence-electron chi connectivity index (χ4n) is 1.16. The predicted octanol–water partition coefficient (Wildman–Crippen LogP) is 1.28. The van der Waals surface area contributed by atoms with Crippen molar-refractivity contribution in [2.24, 2.45) is 0 Å². The van der Waals surface area contributed by atoms with E-state index in [9.17, 15) is 4.79 Å². The van der Waals surface area contributed by atoms with Crippen LogP contribution in [0.2, 0.25) is 0 Å². The van der Waals surface area contributed by atoms with Crippen molar-refractivity contribution >= 4 is 27.5 Å². The van der Waals surface area contributed by atoms with E-state index in [0.29, 0.717) is 23.1 Å². The molecule has 0 aliphatic rings. The van der Waals surface area contributed by atoms with Gasteiger partial charge in [-0.25, -0.2) is 0 Å². The largest absolute Gasteiger partial charge is 0.469 e. The number of furan rings is 1. The van der Waals surface area contributed by atoms with Gasteiger partial charge in [-0.3, -0.25) is 4.79 Å². The lowest BCUT2D eigenvalue weighted by Gasteiger charge is -1.98. The summed E-state index contributed by atoms with van der Waals surface area (Å²) in [4.78, 5) is 11.5. The van der Waals surface area contributed by atoms with E-state index in [0.717, 1.165) is 17.1 Å². The number of nitrogens with one attached hydrogen (secondary N) is 1. The highest BCUT2D eigenvalue weighted by molar-refractivity contribution is 7.18. The van der Waals surface area contributed by atoms with Gasteiger partial charge in [-0.15, -0.1) is 10.2 Å². The van der Waals surface area contributed by atoms with Gasteiger partial charge in [0.2, 0.25) is 16.2 Å². The molecule has 3 N–H and O–H groups in total. The van der Waals surface area contributed by atoms with E-state index in [2.05, 4.69) is 15.5 Å². The Labute approximate surface area is 95.5 Å². The van der Waals surface area contributed by atoms with Crippen LogP contribution in [0.4, 0.5) is 10.3 Å². The van der Waals surface area contributed by atoms with Crippen molar-refractivity contribution in [3.05, 3.63) is 24.2 Å². The first kappa shape index (κ1) is 10.6. The highest BCUT2D eigenvalue weighted by Gasteiger charge is 2.07. The minimum atomic E-state index is -0.132. The van der Waals surface area contributed by atoms with E-state index >= 15 is 0 Å². The molecule has 0 aromatic carbocycles. The number of hydrogen-bond acceptors (Lipinski definition) is 6. The summed E-state index contributed by atoms with van der Waals surface area (Å²) in [5.74, 6) is 0.652. The van der Waals surface area contributed by atoms with Crippen LogP contribution >= 0.6 is 11.3 Å². The summed E-state index contributed by atoms with van der Waals surface area (Å²) < 4.78 is 5.11. The number of aryl methyl sites for hydroxylation is 1. The van der Waals surface area contributed by atoms with Crippen molar-refractivity contribution in [3.63, 3.8) is 0 Å². The molecule has 0 bridgehead atoms. The van der Waals surface area contributed by atoms with Crippen molar-refractivity contribution < 1.29 is 9.21 Å². The summed E-state index contributed by atoms with van der Waals surface area (Å²) in [5, 5.41) is 10.6. The quantitative estimate of drug-likeness (QED) is 0.836. The number of nitrogen functional groups attached to an aromatic ring is 1. The third-order valence-electron chi connectivity index (χ3n) is 1.87. The first-order valence-electron chi connectivity index (χ1n) is 4.65. The molecule has 2 aromatic rings. The lowest BCUT2D eigenvalue weighted by Crippen LogP contribution is -2.11. The topological polar surface area (TPSA) is 94.0 Å². The molecule has 16 heavy (non-hydrogen) atoms. The van der Waals surface area contributed by atoms with Crippen LogP contribution in [0.25, 0.3) is 0 Å². The number of hydrogen-bond donors (Lipinski definition) is 2. The first-order valence-corrected chi connectivity index (χ1v) is 5.47.